The van der Waals surface area contributed by atoms with E-state index in [4.69, 9.17) is 49.0 Å². The van der Waals surface area contributed by atoms with E-state index in [1.807, 2.05) is 12.3 Å². The second kappa shape index (κ2) is 19.3. The fourth-order valence-corrected chi connectivity index (χ4v) is 5.97. The summed E-state index contributed by atoms with van der Waals surface area (Å²) in [5.74, 6) is -3.04. The van der Waals surface area contributed by atoms with Gasteiger partial charge >= 0.3 is 18.3 Å². The molecule has 1 unspecified atom stereocenters. The Labute approximate surface area is 301 Å². The topological polar surface area (TPSA) is 91.8 Å². The van der Waals surface area contributed by atoms with Gasteiger partial charge in [0.25, 0.3) is 0 Å². The molecular formula is C34H47Cl3F3NO6S. The Hall–Kier alpha value is -2.08. The van der Waals surface area contributed by atoms with Gasteiger partial charge in [-0.2, -0.15) is 13.2 Å². The van der Waals surface area contributed by atoms with E-state index in [1.54, 1.807) is 47.6 Å². The summed E-state index contributed by atoms with van der Waals surface area (Å²) >= 11 is 18.4. The van der Waals surface area contributed by atoms with E-state index in [1.165, 1.54) is 17.4 Å². The molecule has 0 bridgehead atoms. The molecule has 0 aromatic carbocycles. The van der Waals surface area contributed by atoms with Crippen LogP contribution in [0.5, 0.6) is 0 Å². The molecule has 14 heteroatoms. The largest absolute Gasteiger partial charge is 0.508 e. The summed E-state index contributed by atoms with van der Waals surface area (Å²) in [6, 6.07) is 0. The highest BCUT2D eigenvalue weighted by atomic mass is 35.6. The Morgan fingerprint density at radius 1 is 1.00 bits per heavy atom. The van der Waals surface area contributed by atoms with Crippen molar-refractivity contribution in [3.63, 3.8) is 0 Å². The van der Waals surface area contributed by atoms with Crippen molar-refractivity contribution in [3.05, 3.63) is 53.0 Å². The Kier molecular flexibility index (Phi) is 17.7. The highest BCUT2D eigenvalue weighted by molar-refractivity contribution is 7.09. The number of alkyl halides is 6. The highest BCUT2D eigenvalue weighted by Crippen LogP contribution is 2.37. The normalized spacial score (nSPS) is 16.6. The summed E-state index contributed by atoms with van der Waals surface area (Å²) in [5, 5.41) is 2.71. The molecule has 0 aliphatic carbocycles. The number of carbonyl (C=O) groups excluding carboxylic acids is 3. The van der Waals surface area contributed by atoms with Crippen LogP contribution >= 0.6 is 46.1 Å². The number of ether oxygens (including phenoxy) is 3. The number of rotatable bonds is 19. The molecule has 48 heavy (non-hydrogen) atoms. The van der Waals surface area contributed by atoms with Gasteiger partial charge in [0.2, 0.25) is 3.79 Å². The Morgan fingerprint density at radius 2 is 1.62 bits per heavy atom. The summed E-state index contributed by atoms with van der Waals surface area (Å²) in [4.78, 5) is 44.1. The lowest BCUT2D eigenvalue weighted by Crippen LogP contribution is -2.44. The van der Waals surface area contributed by atoms with Crippen LogP contribution in [-0.4, -0.2) is 51.7 Å². The lowest BCUT2D eigenvalue weighted by Gasteiger charge is -2.36. The summed E-state index contributed by atoms with van der Waals surface area (Å²) in [6.07, 6.45) is -3.56. The van der Waals surface area contributed by atoms with E-state index >= 15 is 0 Å². The number of hydrogen-bond donors (Lipinski definition) is 0. The highest BCUT2D eigenvalue weighted by Gasteiger charge is 2.43. The smallest absolute Gasteiger partial charge is 0.462 e. The lowest BCUT2D eigenvalue weighted by molar-refractivity contribution is -0.154. The summed E-state index contributed by atoms with van der Waals surface area (Å²) in [7, 11) is 0. The van der Waals surface area contributed by atoms with Gasteiger partial charge in [0, 0.05) is 29.2 Å². The maximum Gasteiger partial charge on any atom is 0.508 e. The first-order valence-electron chi connectivity index (χ1n) is 15.6. The third-order valence-electron chi connectivity index (χ3n) is 8.37. The number of thiazole rings is 1. The summed E-state index contributed by atoms with van der Waals surface area (Å²) < 4.78 is 55.2. The molecule has 0 saturated heterocycles. The average molecular weight is 761 g/mol. The van der Waals surface area contributed by atoms with Gasteiger partial charge in [0.1, 0.15) is 24.6 Å². The van der Waals surface area contributed by atoms with Crippen LogP contribution in [0.25, 0.3) is 0 Å². The van der Waals surface area contributed by atoms with Crippen molar-refractivity contribution in [3.8, 4) is 0 Å². The summed E-state index contributed by atoms with van der Waals surface area (Å²) in [6.45, 7) is 18.7. The average Bonchev–Trinajstić information content (AvgIpc) is 3.38. The minimum absolute atomic E-state index is 0.166. The number of allylic oxidation sites excluding steroid dienone is 3. The Bertz CT molecular complexity index is 1280. The van der Waals surface area contributed by atoms with Crippen LogP contribution in [0.3, 0.4) is 0 Å². The minimum atomic E-state index is -4.56. The first-order chi connectivity index (χ1) is 22.0. The van der Waals surface area contributed by atoms with Crippen molar-refractivity contribution in [2.45, 2.75) is 103 Å². The number of hydrogen-bond acceptors (Lipinski definition) is 8. The molecule has 6 atom stereocenters. The van der Waals surface area contributed by atoms with Gasteiger partial charge in [-0.25, -0.2) is 9.78 Å². The molecule has 0 amide bonds. The fourth-order valence-electron chi connectivity index (χ4n) is 5.18. The van der Waals surface area contributed by atoms with Crippen LogP contribution in [0.4, 0.5) is 18.0 Å². The second-order valence-electron chi connectivity index (χ2n) is 12.7. The van der Waals surface area contributed by atoms with Gasteiger partial charge in [-0.3, -0.25) is 9.59 Å². The van der Waals surface area contributed by atoms with Crippen LogP contribution in [0.2, 0.25) is 0 Å². The first kappa shape index (κ1) is 43.9. The standard InChI is InChI=1S/C34H47Cl3F3NO6S/c1-10-12-20(3)29(47-31(44)45-19-33(35,36)37)23(6)30(43)32(8,9)22(5)17-28(42)46-27(15-14-25(13-11-2)34(38,39)40)21(4)16-26-18-48-24(7)41-26/h10-11,14,18,20-23,27,29H,1-2,12-13,15-17,19H2,3-9H3/b25-14+/t20-,21?,22-,23+,27-,29-/m0/s1. The number of carbonyl (C=O) groups is 3. The van der Waals surface area contributed by atoms with Crippen molar-refractivity contribution in [1.82, 2.24) is 4.98 Å². The quantitative estimate of drug-likeness (QED) is 0.0788. The van der Waals surface area contributed by atoms with Gasteiger partial charge in [0.15, 0.2) is 0 Å². The molecule has 1 rings (SSSR count). The van der Waals surface area contributed by atoms with E-state index in [2.05, 4.69) is 18.1 Å². The molecule has 0 N–H and O–H groups in total. The van der Waals surface area contributed by atoms with Crippen LogP contribution in [0, 0.1) is 36.0 Å². The Balaban J connectivity index is 3.17. The molecule has 0 radical (unpaired) electrons. The zero-order valence-electron chi connectivity index (χ0n) is 28.5. The molecular weight excluding hydrogens is 714 g/mol. The number of ketones is 1. The zero-order chi connectivity index (χ0) is 37.0. The molecule has 0 aliphatic rings. The van der Waals surface area contributed by atoms with Crippen molar-refractivity contribution in [2.75, 3.05) is 6.61 Å². The molecule has 1 aromatic heterocycles. The van der Waals surface area contributed by atoms with E-state index in [0.29, 0.717) is 12.8 Å². The van der Waals surface area contributed by atoms with Crippen LogP contribution < -0.4 is 0 Å². The van der Waals surface area contributed by atoms with Gasteiger partial charge in [-0.1, -0.05) is 94.6 Å². The molecule has 272 valence electrons. The number of halogens is 6. The first-order valence-corrected chi connectivity index (χ1v) is 17.6. The van der Waals surface area contributed by atoms with Gasteiger partial charge in [-0.15, -0.1) is 24.5 Å². The predicted octanol–water partition coefficient (Wildman–Crippen LogP) is 10.4. The third-order valence-corrected chi connectivity index (χ3v) is 9.52. The van der Waals surface area contributed by atoms with Crippen molar-refractivity contribution in [1.29, 1.82) is 0 Å². The molecule has 7 nitrogen and oxygen atoms in total. The second-order valence-corrected chi connectivity index (χ2v) is 16.3. The fraction of sp³-hybridized carbons (Fsp3) is 0.647. The van der Waals surface area contributed by atoms with Crippen molar-refractivity contribution >= 4 is 64.0 Å². The van der Waals surface area contributed by atoms with Crippen LogP contribution in [0.15, 0.2) is 42.3 Å². The molecule has 1 aromatic rings. The molecule has 0 spiro atoms. The summed E-state index contributed by atoms with van der Waals surface area (Å²) in [5.41, 5.74) is -1.13. The molecule has 1 heterocycles. The maximum atomic E-state index is 13.9. The van der Waals surface area contributed by atoms with E-state index in [9.17, 15) is 27.6 Å². The van der Waals surface area contributed by atoms with E-state index in [-0.39, 0.29) is 36.9 Å². The molecule has 0 aliphatic heterocycles. The van der Waals surface area contributed by atoms with Gasteiger partial charge in [0.05, 0.1) is 16.6 Å². The maximum absolute atomic E-state index is 13.9. The van der Waals surface area contributed by atoms with E-state index in [0.717, 1.165) is 16.8 Å². The number of esters is 1. The molecule has 0 saturated carbocycles. The number of nitrogens with zero attached hydrogens (tertiary/aromatic N) is 1. The molecule has 0 fully saturated rings. The third kappa shape index (κ3) is 14.8. The number of Topliss-reactive ketones (excluding diaryl/α,β-unsaturated/α-hetero) is 1. The number of aromatic nitrogens is 1. The monoisotopic (exact) mass is 759 g/mol. The Morgan fingerprint density at radius 3 is 2.12 bits per heavy atom. The van der Waals surface area contributed by atoms with Gasteiger partial charge < -0.3 is 14.2 Å². The number of aryl methyl sites for hydroxylation is 1. The van der Waals surface area contributed by atoms with Crippen LogP contribution in [-0.2, 0) is 30.2 Å². The van der Waals surface area contributed by atoms with Crippen molar-refractivity contribution in [2.24, 2.45) is 29.1 Å². The zero-order valence-corrected chi connectivity index (χ0v) is 31.6. The predicted molar refractivity (Wildman–Crippen MR) is 185 cm³/mol. The van der Waals surface area contributed by atoms with Crippen LogP contribution in [0.1, 0.15) is 77.9 Å². The van der Waals surface area contributed by atoms with E-state index < -0.39 is 63.7 Å². The minimum Gasteiger partial charge on any atom is -0.462 e. The van der Waals surface area contributed by atoms with Gasteiger partial charge in [-0.05, 0) is 43.9 Å². The lowest BCUT2D eigenvalue weighted by atomic mass is 9.69. The van der Waals surface area contributed by atoms with Crippen molar-refractivity contribution < 1.29 is 41.8 Å². The SMILES string of the molecule is C=CC/C(=C\C[C@H](OC(=O)C[C@H](C)C(C)(C)C(=O)[C@H](C)[C@@H](OC(=O)OCC(Cl)(Cl)Cl)[C@@H](C)CC=C)C(C)Cc1csc(C)n1)C(F)(F)F.